The number of rotatable bonds is 6. The van der Waals surface area contributed by atoms with Gasteiger partial charge in [-0.1, -0.05) is 18.2 Å². The third kappa shape index (κ3) is 4.30. The summed E-state index contributed by atoms with van der Waals surface area (Å²) in [5.74, 6) is 1.05. The first-order valence-corrected chi connectivity index (χ1v) is 8.51. The van der Waals surface area contributed by atoms with Crippen molar-refractivity contribution in [1.82, 2.24) is 10.2 Å². The first-order valence-electron chi connectivity index (χ1n) is 7.57. The fraction of sp³-hybridized carbons (Fsp3) is 0.412. The van der Waals surface area contributed by atoms with E-state index >= 15 is 0 Å². The van der Waals surface area contributed by atoms with E-state index in [9.17, 15) is 0 Å². The first-order chi connectivity index (χ1) is 10.4. The number of hydrogen-bond acceptors (Lipinski definition) is 4. The normalized spacial score (nSPS) is 15.2. The molecule has 112 valence electrons. The molecular formula is C17H22N2OS. The molecule has 1 aromatic carbocycles. The number of thiophene rings is 1. The SMILES string of the molecule is c1ccc2c(c1)CN(CCNCCc1ccsc1)CCO2. The van der Waals surface area contributed by atoms with E-state index in [0.29, 0.717) is 0 Å². The standard InChI is InChI=1S/C17H22N2OS/c1-2-4-17-16(3-1)13-19(10-11-20-17)9-8-18-7-5-15-6-12-21-14-15/h1-4,6,12,14,18H,5,7-11,13H2. The van der Waals surface area contributed by atoms with Gasteiger partial charge in [0, 0.05) is 31.7 Å². The van der Waals surface area contributed by atoms with Crippen molar-refractivity contribution in [1.29, 1.82) is 0 Å². The molecule has 1 aliphatic rings. The summed E-state index contributed by atoms with van der Waals surface area (Å²) in [4.78, 5) is 2.46. The minimum atomic E-state index is 0.784. The van der Waals surface area contributed by atoms with Gasteiger partial charge in [-0.2, -0.15) is 11.3 Å². The molecule has 0 radical (unpaired) electrons. The number of ether oxygens (including phenoxy) is 1. The van der Waals surface area contributed by atoms with Crippen LogP contribution < -0.4 is 10.1 Å². The first kappa shape index (κ1) is 14.6. The highest BCUT2D eigenvalue weighted by Gasteiger charge is 2.13. The Morgan fingerprint density at radius 1 is 1.19 bits per heavy atom. The summed E-state index contributed by atoms with van der Waals surface area (Å²) in [5.41, 5.74) is 2.73. The highest BCUT2D eigenvalue weighted by atomic mass is 32.1. The van der Waals surface area contributed by atoms with Crippen LogP contribution in [0, 0.1) is 0 Å². The van der Waals surface area contributed by atoms with Crippen LogP contribution in [0.1, 0.15) is 11.1 Å². The molecule has 0 saturated carbocycles. The van der Waals surface area contributed by atoms with Gasteiger partial charge in [-0.3, -0.25) is 4.90 Å². The van der Waals surface area contributed by atoms with Gasteiger partial charge >= 0.3 is 0 Å². The van der Waals surface area contributed by atoms with Gasteiger partial charge in [0.15, 0.2) is 0 Å². The Labute approximate surface area is 130 Å². The van der Waals surface area contributed by atoms with E-state index in [2.05, 4.69) is 45.2 Å². The third-order valence-corrected chi connectivity index (χ3v) is 4.54. The van der Waals surface area contributed by atoms with Gasteiger partial charge in [0.2, 0.25) is 0 Å². The van der Waals surface area contributed by atoms with Crippen LogP contribution in [-0.2, 0) is 13.0 Å². The van der Waals surface area contributed by atoms with Crippen LogP contribution in [0.15, 0.2) is 41.1 Å². The zero-order chi connectivity index (χ0) is 14.3. The van der Waals surface area contributed by atoms with Crippen LogP contribution in [0.2, 0.25) is 0 Å². The van der Waals surface area contributed by atoms with Crippen LogP contribution in [-0.4, -0.2) is 37.7 Å². The van der Waals surface area contributed by atoms with Crippen LogP contribution in [0.5, 0.6) is 5.75 Å². The lowest BCUT2D eigenvalue weighted by molar-refractivity contribution is 0.226. The summed E-state index contributed by atoms with van der Waals surface area (Å²) in [7, 11) is 0. The van der Waals surface area contributed by atoms with E-state index in [1.807, 2.05) is 6.07 Å². The van der Waals surface area contributed by atoms with Gasteiger partial charge in [-0.15, -0.1) is 0 Å². The molecule has 0 fully saturated rings. The molecule has 1 aliphatic heterocycles. The summed E-state index contributed by atoms with van der Waals surface area (Å²) >= 11 is 1.77. The molecule has 3 nitrogen and oxygen atoms in total. The molecule has 0 amide bonds. The largest absolute Gasteiger partial charge is 0.492 e. The number of para-hydroxylation sites is 1. The van der Waals surface area contributed by atoms with Crippen molar-refractivity contribution >= 4 is 11.3 Å². The predicted molar refractivity (Wildman–Crippen MR) is 88.1 cm³/mol. The van der Waals surface area contributed by atoms with Gasteiger partial charge in [0.25, 0.3) is 0 Å². The maximum absolute atomic E-state index is 5.79. The van der Waals surface area contributed by atoms with Crippen molar-refractivity contribution in [2.24, 2.45) is 0 Å². The van der Waals surface area contributed by atoms with E-state index < -0.39 is 0 Å². The van der Waals surface area contributed by atoms with Crippen LogP contribution in [0.25, 0.3) is 0 Å². The van der Waals surface area contributed by atoms with E-state index in [-0.39, 0.29) is 0 Å². The molecule has 0 unspecified atom stereocenters. The molecule has 0 aliphatic carbocycles. The van der Waals surface area contributed by atoms with Gasteiger partial charge in [0.1, 0.15) is 12.4 Å². The number of benzene rings is 1. The van der Waals surface area contributed by atoms with E-state index in [1.165, 1.54) is 11.1 Å². The monoisotopic (exact) mass is 302 g/mol. The average Bonchev–Trinajstić information content (AvgIpc) is 2.93. The lowest BCUT2D eigenvalue weighted by atomic mass is 10.2. The number of hydrogen-bond donors (Lipinski definition) is 1. The Kier molecular flexibility index (Phi) is 5.27. The molecule has 2 heterocycles. The molecule has 1 N–H and O–H groups in total. The van der Waals surface area contributed by atoms with E-state index in [0.717, 1.165) is 51.5 Å². The molecule has 0 spiro atoms. The van der Waals surface area contributed by atoms with Gasteiger partial charge in [-0.25, -0.2) is 0 Å². The maximum Gasteiger partial charge on any atom is 0.123 e. The number of nitrogens with one attached hydrogen (secondary N) is 1. The molecule has 1 aromatic heterocycles. The Bertz CT molecular complexity index is 541. The molecule has 0 saturated heterocycles. The predicted octanol–water partition coefficient (Wildman–Crippen LogP) is 2.77. The zero-order valence-corrected chi connectivity index (χ0v) is 13.1. The quantitative estimate of drug-likeness (QED) is 0.831. The van der Waals surface area contributed by atoms with Crippen LogP contribution >= 0.6 is 11.3 Å². The second-order valence-corrected chi connectivity index (χ2v) is 6.14. The van der Waals surface area contributed by atoms with Crippen molar-refractivity contribution < 1.29 is 4.74 Å². The summed E-state index contributed by atoms with van der Waals surface area (Å²) < 4.78 is 5.79. The number of nitrogens with zero attached hydrogens (tertiary/aromatic N) is 1. The second kappa shape index (κ2) is 7.59. The summed E-state index contributed by atoms with van der Waals surface area (Å²) in [6, 6.07) is 10.6. The highest BCUT2D eigenvalue weighted by Crippen LogP contribution is 2.21. The maximum atomic E-state index is 5.79. The molecule has 4 heteroatoms. The van der Waals surface area contributed by atoms with E-state index in [1.54, 1.807) is 11.3 Å². The third-order valence-electron chi connectivity index (χ3n) is 3.81. The molecule has 0 atom stereocenters. The van der Waals surface area contributed by atoms with Crippen LogP contribution in [0.4, 0.5) is 0 Å². The fourth-order valence-corrected chi connectivity index (χ4v) is 3.30. The van der Waals surface area contributed by atoms with Gasteiger partial charge in [0.05, 0.1) is 0 Å². The van der Waals surface area contributed by atoms with Crippen molar-refractivity contribution in [3.8, 4) is 5.75 Å². The van der Waals surface area contributed by atoms with Crippen molar-refractivity contribution in [3.05, 3.63) is 52.2 Å². The summed E-state index contributed by atoms with van der Waals surface area (Å²) in [6.07, 6.45) is 1.12. The smallest absolute Gasteiger partial charge is 0.123 e. The van der Waals surface area contributed by atoms with E-state index in [4.69, 9.17) is 4.74 Å². The van der Waals surface area contributed by atoms with Crippen LogP contribution in [0.3, 0.4) is 0 Å². The zero-order valence-electron chi connectivity index (χ0n) is 12.3. The second-order valence-electron chi connectivity index (χ2n) is 5.36. The lowest BCUT2D eigenvalue weighted by Crippen LogP contribution is -2.33. The molecule has 21 heavy (non-hydrogen) atoms. The Morgan fingerprint density at radius 2 is 2.14 bits per heavy atom. The minimum absolute atomic E-state index is 0.784. The van der Waals surface area contributed by atoms with Crippen molar-refractivity contribution in [2.45, 2.75) is 13.0 Å². The lowest BCUT2D eigenvalue weighted by Gasteiger charge is -2.19. The van der Waals surface area contributed by atoms with Crippen molar-refractivity contribution in [3.63, 3.8) is 0 Å². The molecule has 3 rings (SSSR count). The Balaban J connectivity index is 1.39. The molecule has 0 bridgehead atoms. The fourth-order valence-electron chi connectivity index (χ4n) is 2.60. The summed E-state index contributed by atoms with van der Waals surface area (Å²) in [6.45, 7) is 5.93. The molecule has 2 aromatic rings. The van der Waals surface area contributed by atoms with Crippen molar-refractivity contribution in [2.75, 3.05) is 32.8 Å². The van der Waals surface area contributed by atoms with Gasteiger partial charge in [-0.05, 0) is 41.4 Å². The minimum Gasteiger partial charge on any atom is -0.492 e. The number of fused-ring (bicyclic) bond motifs is 1. The topological polar surface area (TPSA) is 24.5 Å². The van der Waals surface area contributed by atoms with Gasteiger partial charge < -0.3 is 10.1 Å². The Hall–Kier alpha value is -1.36. The Morgan fingerprint density at radius 3 is 3.05 bits per heavy atom. The average molecular weight is 302 g/mol. The highest BCUT2D eigenvalue weighted by molar-refractivity contribution is 7.07. The molecular weight excluding hydrogens is 280 g/mol. The summed E-state index contributed by atoms with van der Waals surface area (Å²) in [5, 5.41) is 7.91.